The molecular weight excluding hydrogens is 223 g/mol. The number of carboxylic acids is 1. The lowest BCUT2D eigenvalue weighted by molar-refractivity contribution is -0.142. The molecule has 0 bridgehead atoms. The zero-order valence-electron chi connectivity index (χ0n) is 9.34. The Kier molecular flexibility index (Phi) is 3.28. The van der Waals surface area contributed by atoms with E-state index in [1.165, 1.54) is 12.1 Å². The summed E-state index contributed by atoms with van der Waals surface area (Å²) in [5, 5.41) is 9.02. The third-order valence-electron chi connectivity index (χ3n) is 3.02. The van der Waals surface area contributed by atoms with E-state index in [9.17, 15) is 9.18 Å². The van der Waals surface area contributed by atoms with E-state index < -0.39 is 11.9 Å². The van der Waals surface area contributed by atoms with Gasteiger partial charge in [-0.15, -0.1) is 0 Å². The average Bonchev–Trinajstić information content (AvgIpc) is 2.29. The van der Waals surface area contributed by atoms with Crippen LogP contribution in [0.4, 0.5) is 10.1 Å². The molecular formula is C12H15FN2O2. The van der Waals surface area contributed by atoms with Crippen LogP contribution in [0.1, 0.15) is 6.42 Å². The largest absolute Gasteiger partial charge is 0.481 e. The zero-order valence-corrected chi connectivity index (χ0v) is 9.34. The Hall–Kier alpha value is -1.62. The molecule has 1 aromatic carbocycles. The first kappa shape index (κ1) is 11.9. The first-order valence-corrected chi connectivity index (χ1v) is 5.55. The van der Waals surface area contributed by atoms with Gasteiger partial charge in [0.25, 0.3) is 0 Å². The molecule has 0 spiro atoms. The van der Waals surface area contributed by atoms with Crippen LogP contribution in [-0.4, -0.2) is 30.2 Å². The van der Waals surface area contributed by atoms with E-state index in [0.717, 1.165) is 5.69 Å². The highest BCUT2D eigenvalue weighted by molar-refractivity contribution is 5.71. The molecule has 2 unspecified atom stereocenters. The number of carbonyl (C=O) groups is 1. The Bertz CT molecular complexity index is 407. The first-order chi connectivity index (χ1) is 8.06. The van der Waals surface area contributed by atoms with Crippen LogP contribution in [-0.2, 0) is 4.79 Å². The predicted octanol–water partition coefficient (Wildman–Crippen LogP) is 1.06. The third-order valence-corrected chi connectivity index (χ3v) is 3.02. The smallest absolute Gasteiger partial charge is 0.308 e. The lowest BCUT2D eigenvalue weighted by atomic mass is 9.94. The number of carboxylic acid groups (broad SMARTS) is 1. The Morgan fingerprint density at radius 3 is 2.59 bits per heavy atom. The molecule has 2 atom stereocenters. The van der Waals surface area contributed by atoms with Crippen molar-refractivity contribution in [2.75, 3.05) is 18.0 Å². The molecule has 5 heteroatoms. The Labute approximate surface area is 98.8 Å². The number of anilines is 1. The third kappa shape index (κ3) is 2.74. The lowest BCUT2D eigenvalue weighted by Crippen LogP contribution is -2.49. The standard InChI is InChI=1S/C12H15FN2O2/c13-9-1-3-11(4-2-9)15-6-8(12(16)17)5-10(14)7-15/h1-4,8,10H,5-7,14H2,(H,16,17). The molecule has 17 heavy (non-hydrogen) atoms. The fraction of sp³-hybridized carbons (Fsp3) is 0.417. The molecule has 3 N–H and O–H groups in total. The summed E-state index contributed by atoms with van der Waals surface area (Å²) in [5.41, 5.74) is 6.65. The minimum atomic E-state index is -0.827. The summed E-state index contributed by atoms with van der Waals surface area (Å²) in [6, 6.07) is 5.87. The maximum atomic E-state index is 12.8. The number of benzene rings is 1. The van der Waals surface area contributed by atoms with Gasteiger partial charge in [-0.25, -0.2) is 4.39 Å². The van der Waals surface area contributed by atoms with E-state index >= 15 is 0 Å². The number of piperidine rings is 1. The van der Waals surface area contributed by atoms with E-state index in [1.54, 1.807) is 12.1 Å². The molecule has 0 amide bonds. The normalized spacial score (nSPS) is 24.7. The molecule has 0 saturated carbocycles. The maximum absolute atomic E-state index is 12.8. The summed E-state index contributed by atoms with van der Waals surface area (Å²) in [5.74, 6) is -1.58. The van der Waals surface area contributed by atoms with Crippen molar-refractivity contribution >= 4 is 11.7 Å². The number of hydrogen-bond acceptors (Lipinski definition) is 3. The second-order valence-corrected chi connectivity index (χ2v) is 4.41. The molecule has 0 radical (unpaired) electrons. The first-order valence-electron chi connectivity index (χ1n) is 5.55. The summed E-state index contributed by atoms with van der Waals surface area (Å²) in [6.07, 6.45) is 0.493. The summed E-state index contributed by atoms with van der Waals surface area (Å²) in [4.78, 5) is 12.9. The fourth-order valence-electron chi connectivity index (χ4n) is 2.18. The monoisotopic (exact) mass is 238 g/mol. The maximum Gasteiger partial charge on any atom is 0.308 e. The van der Waals surface area contributed by atoms with Crippen molar-refractivity contribution in [3.63, 3.8) is 0 Å². The number of nitrogens with two attached hydrogens (primary N) is 1. The molecule has 0 aromatic heterocycles. The van der Waals surface area contributed by atoms with Crippen LogP contribution < -0.4 is 10.6 Å². The van der Waals surface area contributed by atoms with Gasteiger partial charge >= 0.3 is 5.97 Å². The quantitative estimate of drug-likeness (QED) is 0.808. The van der Waals surface area contributed by atoms with Crippen LogP contribution in [0.25, 0.3) is 0 Å². The molecule has 1 saturated heterocycles. The number of halogens is 1. The molecule has 0 aliphatic carbocycles. The number of rotatable bonds is 2. The fourth-order valence-corrected chi connectivity index (χ4v) is 2.18. The van der Waals surface area contributed by atoms with Crippen LogP contribution in [0.5, 0.6) is 0 Å². The highest BCUT2D eigenvalue weighted by Gasteiger charge is 2.29. The van der Waals surface area contributed by atoms with Gasteiger partial charge in [-0.1, -0.05) is 0 Å². The molecule has 4 nitrogen and oxygen atoms in total. The van der Waals surface area contributed by atoms with E-state index in [1.807, 2.05) is 4.90 Å². The molecule has 1 heterocycles. The van der Waals surface area contributed by atoms with Gasteiger partial charge in [0.05, 0.1) is 5.92 Å². The van der Waals surface area contributed by atoms with E-state index in [0.29, 0.717) is 19.5 Å². The lowest BCUT2D eigenvalue weighted by Gasteiger charge is -2.36. The summed E-state index contributed by atoms with van der Waals surface area (Å²) in [7, 11) is 0. The number of aliphatic carboxylic acids is 1. The van der Waals surface area contributed by atoms with Crippen LogP contribution in [0.3, 0.4) is 0 Å². The van der Waals surface area contributed by atoms with E-state index in [-0.39, 0.29) is 11.9 Å². The second kappa shape index (κ2) is 4.71. The summed E-state index contributed by atoms with van der Waals surface area (Å²) >= 11 is 0. The Morgan fingerprint density at radius 2 is 2.00 bits per heavy atom. The van der Waals surface area contributed by atoms with Gasteiger partial charge < -0.3 is 15.7 Å². The van der Waals surface area contributed by atoms with Crippen molar-refractivity contribution in [3.05, 3.63) is 30.1 Å². The molecule has 1 aliphatic heterocycles. The van der Waals surface area contributed by atoms with Gasteiger partial charge in [-0.3, -0.25) is 4.79 Å². The molecule has 2 rings (SSSR count). The van der Waals surface area contributed by atoms with Gasteiger partial charge in [0.15, 0.2) is 0 Å². The SMILES string of the molecule is NC1CC(C(=O)O)CN(c2ccc(F)cc2)C1. The van der Waals surface area contributed by atoms with Gasteiger partial charge in [0.1, 0.15) is 5.82 Å². The summed E-state index contributed by atoms with van der Waals surface area (Å²) in [6.45, 7) is 1.03. The second-order valence-electron chi connectivity index (χ2n) is 4.41. The van der Waals surface area contributed by atoms with Crippen LogP contribution in [0.15, 0.2) is 24.3 Å². The van der Waals surface area contributed by atoms with Gasteiger partial charge in [-0.05, 0) is 30.7 Å². The molecule has 1 aliphatic rings. The van der Waals surface area contributed by atoms with Crippen molar-refractivity contribution < 1.29 is 14.3 Å². The minimum absolute atomic E-state index is 0.157. The number of hydrogen-bond donors (Lipinski definition) is 2. The van der Waals surface area contributed by atoms with Crippen molar-refractivity contribution in [3.8, 4) is 0 Å². The number of nitrogens with zero attached hydrogens (tertiary/aromatic N) is 1. The Morgan fingerprint density at radius 1 is 1.35 bits per heavy atom. The highest BCUT2D eigenvalue weighted by Crippen LogP contribution is 2.23. The predicted molar refractivity (Wildman–Crippen MR) is 62.3 cm³/mol. The van der Waals surface area contributed by atoms with Crippen LogP contribution in [0.2, 0.25) is 0 Å². The average molecular weight is 238 g/mol. The topological polar surface area (TPSA) is 66.6 Å². The van der Waals surface area contributed by atoms with Crippen LogP contribution >= 0.6 is 0 Å². The van der Waals surface area contributed by atoms with Crippen molar-refractivity contribution in [1.82, 2.24) is 0 Å². The Balaban J connectivity index is 2.15. The highest BCUT2D eigenvalue weighted by atomic mass is 19.1. The van der Waals surface area contributed by atoms with Gasteiger partial charge in [-0.2, -0.15) is 0 Å². The van der Waals surface area contributed by atoms with E-state index in [4.69, 9.17) is 10.8 Å². The van der Waals surface area contributed by atoms with Gasteiger partial charge in [0, 0.05) is 24.8 Å². The van der Waals surface area contributed by atoms with Crippen LogP contribution in [0, 0.1) is 11.7 Å². The molecule has 1 aromatic rings. The summed E-state index contributed by atoms with van der Waals surface area (Å²) < 4.78 is 12.8. The van der Waals surface area contributed by atoms with Crippen molar-refractivity contribution in [1.29, 1.82) is 0 Å². The molecule has 92 valence electrons. The minimum Gasteiger partial charge on any atom is -0.481 e. The molecule has 1 fully saturated rings. The van der Waals surface area contributed by atoms with E-state index in [2.05, 4.69) is 0 Å². The zero-order chi connectivity index (χ0) is 12.4. The van der Waals surface area contributed by atoms with Crippen molar-refractivity contribution in [2.24, 2.45) is 11.7 Å². The van der Waals surface area contributed by atoms with Crippen molar-refractivity contribution in [2.45, 2.75) is 12.5 Å². The van der Waals surface area contributed by atoms with Gasteiger partial charge in [0.2, 0.25) is 0 Å².